The van der Waals surface area contributed by atoms with Gasteiger partial charge in [-0.25, -0.2) is 4.98 Å². The van der Waals surface area contributed by atoms with Gasteiger partial charge in [-0.3, -0.25) is 9.59 Å². The van der Waals surface area contributed by atoms with Gasteiger partial charge in [-0.2, -0.15) is 0 Å². The molecule has 21 heavy (non-hydrogen) atoms. The van der Waals surface area contributed by atoms with E-state index in [0.717, 1.165) is 5.56 Å². The first-order valence-electron chi connectivity index (χ1n) is 6.65. The predicted molar refractivity (Wildman–Crippen MR) is 81.6 cm³/mol. The van der Waals surface area contributed by atoms with Crippen molar-refractivity contribution in [2.45, 2.75) is 6.92 Å². The van der Waals surface area contributed by atoms with Crippen LogP contribution in [0.2, 0.25) is 0 Å². The van der Waals surface area contributed by atoms with Gasteiger partial charge in [0.1, 0.15) is 0 Å². The van der Waals surface area contributed by atoms with Crippen molar-refractivity contribution in [3.05, 3.63) is 75.7 Å². The minimum Gasteiger partial charge on any atom is -0.308 e. The fourth-order valence-electron chi connectivity index (χ4n) is 2.35. The molecule has 0 fully saturated rings. The van der Waals surface area contributed by atoms with E-state index in [-0.39, 0.29) is 17.0 Å². The lowest BCUT2D eigenvalue weighted by Gasteiger charge is -2.07. The number of nitrogens with zero attached hydrogens (tertiary/aromatic N) is 2. The van der Waals surface area contributed by atoms with Gasteiger partial charge in [-0.1, -0.05) is 35.9 Å². The lowest BCUT2D eigenvalue weighted by molar-refractivity contribution is 0.103. The molecule has 1 aromatic heterocycles. The number of rotatable bonds is 2. The van der Waals surface area contributed by atoms with Gasteiger partial charge in [0.25, 0.3) is 5.56 Å². The number of hydrogen-bond donors (Lipinski definition) is 0. The minimum absolute atomic E-state index is 0.0400. The molecule has 0 amide bonds. The Balaban J connectivity index is 2.23. The number of benzene rings is 2. The Morgan fingerprint density at radius 1 is 1.10 bits per heavy atom. The van der Waals surface area contributed by atoms with Crippen LogP contribution in [0.4, 0.5) is 0 Å². The van der Waals surface area contributed by atoms with Gasteiger partial charge in [0.2, 0.25) is 5.78 Å². The van der Waals surface area contributed by atoms with Gasteiger partial charge in [-0.15, -0.1) is 0 Å². The number of carbonyl (C=O) groups is 1. The Hall–Kier alpha value is -2.75. The Morgan fingerprint density at radius 3 is 2.62 bits per heavy atom. The topological polar surface area (TPSA) is 52.0 Å². The van der Waals surface area contributed by atoms with Gasteiger partial charge >= 0.3 is 0 Å². The van der Waals surface area contributed by atoms with Crippen LogP contribution >= 0.6 is 0 Å². The first-order valence-corrected chi connectivity index (χ1v) is 6.65. The lowest BCUT2D eigenvalue weighted by atomic mass is 10.1. The third kappa shape index (κ3) is 2.25. The number of para-hydroxylation sites is 2. The molecular weight excluding hydrogens is 264 g/mol. The molecule has 0 aliphatic heterocycles. The molecule has 4 nitrogen and oxygen atoms in total. The van der Waals surface area contributed by atoms with Crippen molar-refractivity contribution < 1.29 is 4.79 Å². The van der Waals surface area contributed by atoms with E-state index in [0.29, 0.717) is 16.6 Å². The summed E-state index contributed by atoms with van der Waals surface area (Å²) in [5, 5.41) is 0. The summed E-state index contributed by atoms with van der Waals surface area (Å²) >= 11 is 0. The highest BCUT2D eigenvalue weighted by Gasteiger charge is 2.17. The maximum Gasteiger partial charge on any atom is 0.280 e. The fraction of sp³-hybridized carbons (Fsp3) is 0.118. The third-order valence-corrected chi connectivity index (χ3v) is 3.48. The van der Waals surface area contributed by atoms with E-state index in [1.807, 2.05) is 31.2 Å². The number of carbonyl (C=O) groups excluding carboxylic acids is 1. The van der Waals surface area contributed by atoms with Crippen molar-refractivity contribution in [2.24, 2.45) is 7.05 Å². The van der Waals surface area contributed by atoms with Crippen molar-refractivity contribution >= 4 is 16.8 Å². The smallest absolute Gasteiger partial charge is 0.280 e. The van der Waals surface area contributed by atoms with E-state index in [1.165, 1.54) is 4.57 Å². The number of aryl methyl sites for hydroxylation is 2. The van der Waals surface area contributed by atoms with Gasteiger partial charge in [0, 0.05) is 12.6 Å². The normalized spacial score (nSPS) is 10.8. The molecular formula is C17H14N2O2. The van der Waals surface area contributed by atoms with E-state index in [4.69, 9.17) is 0 Å². The van der Waals surface area contributed by atoms with Gasteiger partial charge < -0.3 is 4.57 Å². The Kier molecular flexibility index (Phi) is 3.14. The number of hydrogen-bond acceptors (Lipinski definition) is 3. The largest absolute Gasteiger partial charge is 0.308 e. The number of aromatic nitrogens is 2. The number of fused-ring (bicyclic) bond motifs is 1. The van der Waals surface area contributed by atoms with Crippen LogP contribution in [0.5, 0.6) is 0 Å². The summed E-state index contributed by atoms with van der Waals surface area (Å²) in [7, 11) is 1.65. The maximum atomic E-state index is 12.5. The zero-order valence-corrected chi connectivity index (χ0v) is 11.8. The molecule has 0 N–H and O–H groups in total. The summed E-state index contributed by atoms with van der Waals surface area (Å²) in [6, 6.07) is 14.4. The van der Waals surface area contributed by atoms with E-state index >= 15 is 0 Å². The molecule has 3 aromatic rings. The van der Waals surface area contributed by atoms with Crippen LogP contribution in [-0.4, -0.2) is 15.3 Å². The number of ketones is 1. The summed E-state index contributed by atoms with van der Waals surface area (Å²) in [5.74, 6) is -0.343. The highest BCUT2D eigenvalue weighted by Crippen LogP contribution is 2.12. The molecule has 1 heterocycles. The molecule has 0 aliphatic carbocycles. The molecule has 0 spiro atoms. The quantitative estimate of drug-likeness (QED) is 0.677. The standard InChI is InChI=1S/C17H14N2O2/c1-11-6-5-7-12(10-11)16(20)15-17(21)19(2)14-9-4-3-8-13(14)18-15/h3-10H,1-2H3. The van der Waals surface area contributed by atoms with E-state index in [9.17, 15) is 9.59 Å². The zero-order valence-electron chi connectivity index (χ0n) is 11.8. The first-order chi connectivity index (χ1) is 10.1. The SMILES string of the molecule is Cc1cccc(C(=O)c2nc3ccccc3n(C)c2=O)c1. The lowest BCUT2D eigenvalue weighted by Crippen LogP contribution is -2.27. The average molecular weight is 278 g/mol. The van der Waals surface area contributed by atoms with Gasteiger partial charge in [0.15, 0.2) is 5.69 Å². The van der Waals surface area contributed by atoms with E-state index in [1.54, 1.807) is 31.3 Å². The van der Waals surface area contributed by atoms with Crippen LogP contribution in [0.25, 0.3) is 11.0 Å². The molecule has 0 bridgehead atoms. The molecule has 3 rings (SSSR count). The second-order valence-corrected chi connectivity index (χ2v) is 5.01. The van der Waals surface area contributed by atoms with Crippen LogP contribution in [0.15, 0.2) is 53.3 Å². The second-order valence-electron chi connectivity index (χ2n) is 5.01. The molecule has 104 valence electrons. The van der Waals surface area contributed by atoms with Crippen molar-refractivity contribution in [3.63, 3.8) is 0 Å². The molecule has 0 saturated carbocycles. The second kappa shape index (κ2) is 4.98. The molecule has 0 radical (unpaired) electrons. The zero-order chi connectivity index (χ0) is 15.0. The Labute approximate surface area is 121 Å². The third-order valence-electron chi connectivity index (χ3n) is 3.48. The summed E-state index contributed by atoms with van der Waals surface area (Å²) in [6.07, 6.45) is 0. The fourth-order valence-corrected chi connectivity index (χ4v) is 2.35. The Morgan fingerprint density at radius 2 is 1.86 bits per heavy atom. The predicted octanol–water partition coefficient (Wildman–Crippen LogP) is 2.47. The van der Waals surface area contributed by atoms with Crippen LogP contribution in [-0.2, 0) is 7.05 Å². The molecule has 0 saturated heterocycles. The monoisotopic (exact) mass is 278 g/mol. The van der Waals surface area contributed by atoms with Gasteiger partial charge in [0.05, 0.1) is 11.0 Å². The molecule has 0 unspecified atom stereocenters. The van der Waals surface area contributed by atoms with Crippen molar-refractivity contribution in [1.29, 1.82) is 0 Å². The summed E-state index contributed by atoms with van der Waals surface area (Å²) in [4.78, 5) is 29.2. The summed E-state index contributed by atoms with van der Waals surface area (Å²) in [6.45, 7) is 1.91. The first kappa shape index (κ1) is 13.2. The molecule has 2 aromatic carbocycles. The highest BCUT2D eigenvalue weighted by atomic mass is 16.1. The van der Waals surface area contributed by atoms with Crippen LogP contribution in [0.3, 0.4) is 0 Å². The van der Waals surface area contributed by atoms with Crippen LogP contribution in [0, 0.1) is 6.92 Å². The average Bonchev–Trinajstić information content (AvgIpc) is 2.50. The van der Waals surface area contributed by atoms with Crippen molar-refractivity contribution in [2.75, 3.05) is 0 Å². The Bertz CT molecular complexity index is 910. The molecule has 0 aliphatic rings. The minimum atomic E-state index is -0.375. The maximum absolute atomic E-state index is 12.5. The van der Waals surface area contributed by atoms with Crippen molar-refractivity contribution in [3.8, 4) is 0 Å². The van der Waals surface area contributed by atoms with Gasteiger partial charge in [-0.05, 0) is 25.1 Å². The van der Waals surface area contributed by atoms with E-state index in [2.05, 4.69) is 4.98 Å². The molecule has 4 heteroatoms. The highest BCUT2D eigenvalue weighted by molar-refractivity contribution is 6.08. The van der Waals surface area contributed by atoms with Crippen molar-refractivity contribution in [1.82, 2.24) is 9.55 Å². The summed E-state index contributed by atoms with van der Waals surface area (Å²) in [5.41, 5.74) is 2.38. The van der Waals surface area contributed by atoms with E-state index < -0.39 is 0 Å². The summed E-state index contributed by atoms with van der Waals surface area (Å²) < 4.78 is 1.46. The van der Waals surface area contributed by atoms with Crippen LogP contribution < -0.4 is 5.56 Å². The molecule has 0 atom stereocenters. The van der Waals surface area contributed by atoms with Crippen LogP contribution in [0.1, 0.15) is 21.6 Å².